The molecule has 0 spiro atoms. The van der Waals surface area contributed by atoms with Crippen LogP contribution in [-0.2, 0) is 16.1 Å². The summed E-state index contributed by atoms with van der Waals surface area (Å²) in [5, 5.41) is 3.22. The van der Waals surface area contributed by atoms with Crippen LogP contribution in [0.1, 0.15) is 12.0 Å². The molecule has 2 saturated heterocycles. The number of nitrogens with one attached hydrogen (secondary N) is 1. The van der Waals surface area contributed by atoms with E-state index in [4.69, 9.17) is 14.2 Å². The van der Waals surface area contributed by atoms with Crippen LogP contribution in [-0.4, -0.2) is 96.5 Å². The Labute approximate surface area is 243 Å². The number of pyridine rings is 1. The van der Waals surface area contributed by atoms with Crippen molar-refractivity contribution >= 4 is 23.4 Å². The monoisotopic (exact) mass is 575 g/mol. The van der Waals surface area contributed by atoms with E-state index in [9.17, 15) is 9.18 Å². The van der Waals surface area contributed by atoms with Crippen LogP contribution < -0.4 is 15.0 Å². The quantitative estimate of drug-likeness (QED) is 0.433. The van der Waals surface area contributed by atoms with Gasteiger partial charge in [-0.15, -0.1) is 0 Å². The topological polar surface area (TPSA) is 105 Å². The van der Waals surface area contributed by atoms with Crippen LogP contribution in [0.2, 0.25) is 0 Å². The fourth-order valence-electron chi connectivity index (χ4n) is 5.23. The molecule has 2 fully saturated rings. The van der Waals surface area contributed by atoms with Gasteiger partial charge in [0.1, 0.15) is 5.69 Å². The first kappa shape index (κ1) is 27.9. The second kappa shape index (κ2) is 13.1. The smallest absolute Gasteiger partial charge is 0.320 e. The number of aromatic nitrogens is 3. The van der Waals surface area contributed by atoms with Crippen molar-refractivity contribution in [1.82, 2.24) is 24.8 Å². The van der Waals surface area contributed by atoms with Crippen LogP contribution in [0, 0.1) is 5.82 Å². The number of amides is 2. The zero-order valence-electron chi connectivity index (χ0n) is 23.4. The van der Waals surface area contributed by atoms with Gasteiger partial charge in [-0.05, 0) is 30.7 Å². The summed E-state index contributed by atoms with van der Waals surface area (Å²) >= 11 is 0. The third kappa shape index (κ3) is 6.60. The molecule has 42 heavy (non-hydrogen) atoms. The summed E-state index contributed by atoms with van der Waals surface area (Å²) in [6.07, 6.45) is 7.39. The predicted molar refractivity (Wildman–Crippen MR) is 155 cm³/mol. The number of halogens is 1. The largest absolute Gasteiger partial charge is 0.477 e. The van der Waals surface area contributed by atoms with Crippen molar-refractivity contribution in [2.24, 2.45) is 0 Å². The summed E-state index contributed by atoms with van der Waals surface area (Å²) in [6, 6.07) is 9.46. The van der Waals surface area contributed by atoms with Gasteiger partial charge >= 0.3 is 6.03 Å². The zero-order valence-corrected chi connectivity index (χ0v) is 23.4. The molecule has 1 N–H and O–H groups in total. The number of ether oxygens (including phenoxy) is 3. The first-order valence-corrected chi connectivity index (χ1v) is 14.2. The van der Waals surface area contributed by atoms with Gasteiger partial charge in [0.2, 0.25) is 11.8 Å². The second-order valence-electron chi connectivity index (χ2n) is 10.2. The average Bonchev–Trinajstić information content (AvgIpc) is 3.03. The molecule has 0 unspecified atom stereocenters. The molecule has 6 rings (SSSR count). The molecule has 1 aromatic carbocycles. The molecule has 0 atom stereocenters. The van der Waals surface area contributed by atoms with Crippen LogP contribution in [0.25, 0.3) is 11.3 Å². The molecule has 220 valence electrons. The van der Waals surface area contributed by atoms with Gasteiger partial charge in [0.15, 0.2) is 5.82 Å². The maximum Gasteiger partial charge on any atom is 0.320 e. The summed E-state index contributed by atoms with van der Waals surface area (Å²) in [7, 11) is 0. The van der Waals surface area contributed by atoms with E-state index in [0.29, 0.717) is 90.2 Å². The van der Waals surface area contributed by atoms with Gasteiger partial charge in [-0.3, -0.25) is 0 Å². The highest BCUT2D eigenvalue weighted by Crippen LogP contribution is 2.29. The van der Waals surface area contributed by atoms with Gasteiger partial charge in [-0.25, -0.2) is 24.1 Å². The molecule has 5 heterocycles. The Balaban J connectivity index is 1.22. The van der Waals surface area contributed by atoms with Crippen molar-refractivity contribution in [1.29, 1.82) is 0 Å². The average molecular weight is 576 g/mol. The molecular formula is C30H34FN7O4. The van der Waals surface area contributed by atoms with E-state index in [-0.39, 0.29) is 17.7 Å². The maximum absolute atomic E-state index is 14.8. The van der Waals surface area contributed by atoms with E-state index in [0.717, 1.165) is 23.1 Å². The Morgan fingerprint density at radius 3 is 2.60 bits per heavy atom. The number of rotatable bonds is 1. The molecule has 0 aliphatic carbocycles. The van der Waals surface area contributed by atoms with Gasteiger partial charge in [0, 0.05) is 74.0 Å². The summed E-state index contributed by atoms with van der Waals surface area (Å²) in [6.45, 7) is 6.45. The lowest BCUT2D eigenvalue weighted by Gasteiger charge is -2.40. The minimum atomic E-state index is -0.536. The Kier molecular flexibility index (Phi) is 8.71. The Bertz CT molecular complexity index is 1420. The number of piperazine rings is 1. The molecule has 6 bridgehead atoms. The normalized spacial score (nSPS) is 18.7. The molecular weight excluding hydrogens is 541 g/mol. The summed E-state index contributed by atoms with van der Waals surface area (Å²) < 4.78 is 31.9. The summed E-state index contributed by atoms with van der Waals surface area (Å²) in [5.41, 5.74) is 3.51. The number of carbonyl (C=O) groups is 1. The third-order valence-electron chi connectivity index (χ3n) is 7.43. The van der Waals surface area contributed by atoms with E-state index >= 15 is 0 Å². The fraction of sp³-hybridized carbons (Fsp3) is 0.400. The highest BCUT2D eigenvalue weighted by molar-refractivity contribution is 5.75. The third-order valence-corrected chi connectivity index (χ3v) is 7.43. The van der Waals surface area contributed by atoms with Crippen molar-refractivity contribution in [3.8, 4) is 17.1 Å². The highest BCUT2D eigenvalue weighted by atomic mass is 19.1. The molecule has 12 heteroatoms. The molecule has 11 nitrogen and oxygen atoms in total. The summed E-state index contributed by atoms with van der Waals surface area (Å²) in [4.78, 5) is 31.9. The van der Waals surface area contributed by atoms with Crippen molar-refractivity contribution in [2.45, 2.75) is 13.0 Å². The van der Waals surface area contributed by atoms with Crippen LogP contribution in [0.4, 0.5) is 26.5 Å². The number of hydrogen-bond donors (Lipinski definition) is 1. The number of hydrogen-bond acceptors (Lipinski definition) is 9. The SMILES string of the molecule is O=C(N1CCOCC1)N1CCN(c2ccc3cc2COC/C=C/CCOc2cc(ccn2)-c2nc(ncc2F)N3)CC1. The zero-order chi connectivity index (χ0) is 28.7. The van der Waals surface area contributed by atoms with E-state index in [2.05, 4.69) is 25.2 Å². The first-order valence-electron chi connectivity index (χ1n) is 14.2. The number of urea groups is 1. The Morgan fingerprint density at radius 2 is 1.74 bits per heavy atom. The Morgan fingerprint density at radius 1 is 0.905 bits per heavy atom. The van der Waals surface area contributed by atoms with Crippen LogP contribution >= 0.6 is 0 Å². The molecule has 3 aliphatic rings. The van der Waals surface area contributed by atoms with E-state index in [1.807, 2.05) is 40.2 Å². The minimum absolute atomic E-state index is 0.0829. The number of fused-ring (bicyclic) bond motifs is 7. The minimum Gasteiger partial charge on any atom is -0.477 e. The molecule has 3 aromatic rings. The fourth-order valence-corrected chi connectivity index (χ4v) is 5.23. The lowest BCUT2D eigenvalue weighted by atomic mass is 10.1. The number of anilines is 3. The molecule has 0 radical (unpaired) electrons. The van der Waals surface area contributed by atoms with Gasteiger partial charge in [0.05, 0.1) is 39.2 Å². The second-order valence-corrected chi connectivity index (χ2v) is 10.2. The lowest BCUT2D eigenvalue weighted by molar-refractivity contribution is 0.0428. The van der Waals surface area contributed by atoms with Crippen molar-refractivity contribution in [3.05, 3.63) is 66.3 Å². The van der Waals surface area contributed by atoms with E-state index in [1.165, 1.54) is 0 Å². The highest BCUT2D eigenvalue weighted by Gasteiger charge is 2.27. The van der Waals surface area contributed by atoms with Gasteiger partial charge in [0.25, 0.3) is 0 Å². The van der Waals surface area contributed by atoms with Crippen LogP contribution in [0.3, 0.4) is 0 Å². The Hall–Kier alpha value is -4.29. The van der Waals surface area contributed by atoms with E-state index < -0.39 is 5.82 Å². The van der Waals surface area contributed by atoms with Crippen LogP contribution in [0.5, 0.6) is 5.88 Å². The molecule has 3 aliphatic heterocycles. The van der Waals surface area contributed by atoms with E-state index in [1.54, 1.807) is 18.3 Å². The lowest BCUT2D eigenvalue weighted by Crippen LogP contribution is -2.55. The van der Waals surface area contributed by atoms with Crippen LogP contribution in [0.15, 0.2) is 54.9 Å². The van der Waals surface area contributed by atoms with Crippen molar-refractivity contribution < 1.29 is 23.4 Å². The van der Waals surface area contributed by atoms with Gasteiger partial charge in [-0.1, -0.05) is 12.2 Å². The number of benzene rings is 1. The first-order chi connectivity index (χ1) is 20.6. The summed E-state index contributed by atoms with van der Waals surface area (Å²) in [5.74, 6) is 0.132. The van der Waals surface area contributed by atoms with Gasteiger partial charge in [-0.2, -0.15) is 0 Å². The van der Waals surface area contributed by atoms with Crippen molar-refractivity contribution in [2.75, 3.05) is 75.9 Å². The molecule has 2 aromatic heterocycles. The maximum atomic E-state index is 14.8. The predicted octanol–water partition coefficient (Wildman–Crippen LogP) is 3.85. The molecule has 0 saturated carbocycles. The van der Waals surface area contributed by atoms with Gasteiger partial charge < -0.3 is 34.2 Å². The number of morpholine rings is 1. The standard InChI is InChI=1S/C30H34FN7O4/c31-25-20-33-29-34-24-4-5-26(36-8-10-37(11-9-36)30(39)38-12-16-40-17-13-38)23(18-24)21-41-14-2-1-3-15-42-27-19-22(6-7-32-27)28(25)35-29/h1-2,4-7,18-20H,3,8-17,21H2,(H,33,34,35)/b2-1+. The molecule has 2 amide bonds. The van der Waals surface area contributed by atoms with Crippen molar-refractivity contribution in [3.63, 3.8) is 0 Å². The number of nitrogens with zero attached hydrogens (tertiary/aromatic N) is 6. The number of carbonyl (C=O) groups excluding carboxylic acids is 1.